The summed E-state index contributed by atoms with van der Waals surface area (Å²) < 4.78 is 5.88. The normalized spacial score (nSPS) is 9.95. The molecule has 20 heavy (non-hydrogen) atoms. The summed E-state index contributed by atoms with van der Waals surface area (Å²) >= 11 is 3.21. The molecule has 0 saturated heterocycles. The zero-order valence-electron chi connectivity index (χ0n) is 12.0. The van der Waals surface area contributed by atoms with Crippen LogP contribution in [0.25, 0.3) is 0 Å². The molecule has 0 saturated carbocycles. The maximum atomic E-state index is 11.7. The van der Waals surface area contributed by atoms with Gasteiger partial charge in [0.05, 0.1) is 13.7 Å². The topological polar surface area (TPSA) is 41.6 Å². The van der Waals surface area contributed by atoms with Gasteiger partial charge in [-0.05, 0) is 30.5 Å². The van der Waals surface area contributed by atoms with Crippen LogP contribution < -0.4 is 10.1 Å². The van der Waals surface area contributed by atoms with Gasteiger partial charge in [0.25, 0.3) is 0 Å². The van der Waals surface area contributed by atoms with Crippen LogP contribution >= 0.6 is 15.9 Å². The van der Waals surface area contributed by atoms with Gasteiger partial charge in [0.1, 0.15) is 5.75 Å². The van der Waals surface area contributed by atoms with Crippen LogP contribution in [0, 0.1) is 0 Å². The number of halogens is 1. The summed E-state index contributed by atoms with van der Waals surface area (Å²) in [4.78, 5) is 13.4. The Hall–Kier alpha value is -1.49. The lowest BCUT2D eigenvalue weighted by Gasteiger charge is -2.17. The molecule has 1 rings (SSSR count). The highest BCUT2D eigenvalue weighted by Crippen LogP contribution is 2.12. The molecule has 0 bridgehead atoms. The van der Waals surface area contributed by atoms with Crippen molar-refractivity contribution in [3.8, 4) is 5.75 Å². The Morgan fingerprint density at radius 2 is 2.05 bits per heavy atom. The minimum atomic E-state index is -0.0830. The van der Waals surface area contributed by atoms with Crippen LogP contribution in [-0.4, -0.2) is 38.2 Å². The number of rotatable bonds is 7. The Kier molecular flexibility index (Phi) is 7.15. The molecular formula is C15H21BrN2O2. The molecule has 0 spiro atoms. The Bertz CT molecular complexity index is 446. The molecule has 5 heteroatoms. The minimum absolute atomic E-state index is 0.0830. The molecule has 4 nitrogen and oxygen atoms in total. The highest BCUT2D eigenvalue weighted by atomic mass is 79.9. The first kappa shape index (κ1) is 16.6. The lowest BCUT2D eigenvalue weighted by Crippen LogP contribution is -2.38. The van der Waals surface area contributed by atoms with Crippen molar-refractivity contribution in [1.82, 2.24) is 10.2 Å². The van der Waals surface area contributed by atoms with Crippen molar-refractivity contribution in [2.75, 3.05) is 27.2 Å². The van der Waals surface area contributed by atoms with Gasteiger partial charge in [0.15, 0.2) is 0 Å². The number of amides is 2. The molecule has 1 aromatic rings. The van der Waals surface area contributed by atoms with E-state index in [2.05, 4.69) is 27.8 Å². The van der Waals surface area contributed by atoms with Gasteiger partial charge in [-0.25, -0.2) is 4.79 Å². The van der Waals surface area contributed by atoms with Crippen LogP contribution in [0.15, 0.2) is 35.3 Å². The molecule has 110 valence electrons. The van der Waals surface area contributed by atoms with E-state index in [0.29, 0.717) is 13.1 Å². The van der Waals surface area contributed by atoms with Crippen molar-refractivity contribution in [2.45, 2.75) is 12.8 Å². The van der Waals surface area contributed by atoms with Gasteiger partial charge in [-0.1, -0.05) is 34.6 Å². The molecular weight excluding hydrogens is 320 g/mol. The van der Waals surface area contributed by atoms with Crippen LogP contribution in [0.4, 0.5) is 4.79 Å². The molecule has 0 fully saturated rings. The van der Waals surface area contributed by atoms with E-state index < -0.39 is 0 Å². The van der Waals surface area contributed by atoms with Gasteiger partial charge < -0.3 is 15.0 Å². The number of ether oxygens (including phenoxy) is 1. The molecule has 0 aromatic heterocycles. The summed E-state index contributed by atoms with van der Waals surface area (Å²) in [6, 6.07) is 7.92. The molecule has 1 N–H and O–H groups in total. The second-order valence-electron chi connectivity index (χ2n) is 4.55. The molecule has 0 atom stereocenters. The Balaban J connectivity index is 2.28. The minimum Gasteiger partial charge on any atom is -0.497 e. The van der Waals surface area contributed by atoms with Crippen LogP contribution in [0.2, 0.25) is 0 Å². The molecule has 0 aliphatic carbocycles. The average Bonchev–Trinajstić information content (AvgIpc) is 2.45. The van der Waals surface area contributed by atoms with Gasteiger partial charge in [0, 0.05) is 18.1 Å². The molecule has 0 unspecified atom stereocenters. The van der Waals surface area contributed by atoms with Crippen molar-refractivity contribution >= 4 is 22.0 Å². The van der Waals surface area contributed by atoms with Gasteiger partial charge in [-0.2, -0.15) is 0 Å². The van der Waals surface area contributed by atoms with Gasteiger partial charge in [0.2, 0.25) is 0 Å². The van der Waals surface area contributed by atoms with E-state index in [9.17, 15) is 4.79 Å². The second kappa shape index (κ2) is 8.64. The fourth-order valence-corrected chi connectivity index (χ4v) is 1.86. The maximum Gasteiger partial charge on any atom is 0.317 e. The van der Waals surface area contributed by atoms with Crippen LogP contribution in [-0.2, 0) is 6.42 Å². The third kappa shape index (κ3) is 6.10. The first-order valence-electron chi connectivity index (χ1n) is 6.48. The van der Waals surface area contributed by atoms with E-state index in [0.717, 1.165) is 23.1 Å². The summed E-state index contributed by atoms with van der Waals surface area (Å²) in [5.41, 5.74) is 1.24. The van der Waals surface area contributed by atoms with E-state index in [1.54, 1.807) is 19.1 Å². The number of benzene rings is 1. The first-order chi connectivity index (χ1) is 9.52. The summed E-state index contributed by atoms with van der Waals surface area (Å²) in [7, 11) is 3.45. The van der Waals surface area contributed by atoms with E-state index in [4.69, 9.17) is 4.74 Å². The van der Waals surface area contributed by atoms with Crippen molar-refractivity contribution in [1.29, 1.82) is 0 Å². The molecule has 1 aromatic carbocycles. The second-order valence-corrected chi connectivity index (χ2v) is 5.67. The average molecular weight is 341 g/mol. The Morgan fingerprint density at radius 3 is 2.60 bits per heavy atom. The molecule has 0 heterocycles. The van der Waals surface area contributed by atoms with E-state index in [1.165, 1.54) is 5.56 Å². The number of hydrogen-bond acceptors (Lipinski definition) is 2. The third-order valence-electron chi connectivity index (χ3n) is 2.90. The lowest BCUT2D eigenvalue weighted by atomic mass is 10.1. The quantitative estimate of drug-likeness (QED) is 0.828. The van der Waals surface area contributed by atoms with E-state index >= 15 is 0 Å². The zero-order chi connectivity index (χ0) is 15.0. The van der Waals surface area contributed by atoms with Gasteiger partial charge >= 0.3 is 6.03 Å². The highest BCUT2D eigenvalue weighted by molar-refractivity contribution is 9.11. The number of aryl methyl sites for hydroxylation is 1. The Morgan fingerprint density at radius 1 is 1.40 bits per heavy atom. The summed E-state index contributed by atoms with van der Waals surface area (Å²) in [6.45, 7) is 4.84. The van der Waals surface area contributed by atoms with Crippen LogP contribution in [0.3, 0.4) is 0 Å². The number of nitrogens with zero attached hydrogens (tertiary/aromatic N) is 1. The SMILES string of the molecule is C=C(Br)CNC(=O)N(C)CCCc1ccc(OC)cc1. The van der Waals surface area contributed by atoms with Crippen molar-refractivity contribution < 1.29 is 9.53 Å². The van der Waals surface area contributed by atoms with Crippen molar-refractivity contribution in [3.63, 3.8) is 0 Å². The van der Waals surface area contributed by atoms with Crippen molar-refractivity contribution in [3.05, 3.63) is 40.9 Å². The lowest BCUT2D eigenvalue weighted by molar-refractivity contribution is 0.209. The number of hydrogen-bond donors (Lipinski definition) is 1. The molecule has 0 aliphatic heterocycles. The summed E-state index contributed by atoms with van der Waals surface area (Å²) in [6.07, 6.45) is 1.86. The van der Waals surface area contributed by atoms with Crippen LogP contribution in [0.1, 0.15) is 12.0 Å². The third-order valence-corrected chi connectivity index (χ3v) is 3.18. The maximum absolute atomic E-state index is 11.7. The standard InChI is InChI=1S/C15H21BrN2O2/c1-12(16)11-17-15(19)18(2)10-4-5-13-6-8-14(20-3)9-7-13/h6-9H,1,4-5,10-11H2,2-3H3,(H,17,19). The predicted molar refractivity (Wildman–Crippen MR) is 85.4 cm³/mol. The number of carbonyl (C=O) groups excluding carboxylic acids is 1. The Labute approximate surface area is 128 Å². The van der Waals surface area contributed by atoms with Crippen LogP contribution in [0.5, 0.6) is 5.75 Å². The molecule has 0 radical (unpaired) electrons. The van der Waals surface area contributed by atoms with Crippen molar-refractivity contribution in [2.24, 2.45) is 0 Å². The number of urea groups is 1. The van der Waals surface area contributed by atoms with Gasteiger partial charge in [-0.3, -0.25) is 0 Å². The largest absolute Gasteiger partial charge is 0.497 e. The zero-order valence-corrected chi connectivity index (χ0v) is 13.6. The monoisotopic (exact) mass is 340 g/mol. The fourth-order valence-electron chi connectivity index (χ4n) is 1.72. The van der Waals surface area contributed by atoms with E-state index in [1.807, 2.05) is 24.3 Å². The molecule has 2 amide bonds. The fraction of sp³-hybridized carbons (Fsp3) is 0.400. The smallest absolute Gasteiger partial charge is 0.317 e. The van der Waals surface area contributed by atoms with E-state index in [-0.39, 0.29) is 6.03 Å². The van der Waals surface area contributed by atoms with Gasteiger partial charge in [-0.15, -0.1) is 0 Å². The summed E-state index contributed by atoms with van der Waals surface area (Å²) in [5, 5.41) is 2.77. The summed E-state index contributed by atoms with van der Waals surface area (Å²) in [5.74, 6) is 0.861. The highest BCUT2D eigenvalue weighted by Gasteiger charge is 2.07. The molecule has 0 aliphatic rings. The number of methoxy groups -OCH3 is 1. The number of nitrogens with one attached hydrogen (secondary N) is 1. The number of carbonyl (C=O) groups is 1. The first-order valence-corrected chi connectivity index (χ1v) is 7.27. The predicted octanol–water partition coefficient (Wildman–Crippen LogP) is 3.18.